The normalized spacial score (nSPS) is 20.2. The van der Waals surface area contributed by atoms with E-state index >= 15 is 0 Å². The van der Waals surface area contributed by atoms with E-state index in [1.165, 1.54) is 4.31 Å². The largest absolute Gasteiger partial charge is 0.361 e. The second kappa shape index (κ2) is 10.5. The molecule has 0 aliphatic carbocycles. The van der Waals surface area contributed by atoms with Crippen LogP contribution in [0.15, 0.2) is 18.5 Å². The molecule has 12 heteroatoms. The third-order valence-electron chi connectivity index (χ3n) is 6.02. The maximum absolute atomic E-state index is 12.8. The number of anilines is 1. The van der Waals surface area contributed by atoms with Crippen LogP contribution in [0.3, 0.4) is 0 Å². The zero-order valence-electron chi connectivity index (χ0n) is 20.2. The van der Waals surface area contributed by atoms with Gasteiger partial charge in [-0.2, -0.15) is 0 Å². The first-order valence-corrected chi connectivity index (χ1v) is 16.7. The third kappa shape index (κ3) is 6.75. The molecule has 1 aliphatic rings. The van der Waals surface area contributed by atoms with Gasteiger partial charge in [0.1, 0.15) is 12.2 Å². The number of rotatable bonds is 10. The molecular formula is C21H36N6O4SSi. The van der Waals surface area contributed by atoms with E-state index in [1.807, 2.05) is 23.8 Å². The summed E-state index contributed by atoms with van der Waals surface area (Å²) in [4.78, 5) is 21.7. The van der Waals surface area contributed by atoms with Crippen molar-refractivity contribution >= 4 is 41.0 Å². The number of aromatic nitrogens is 3. The number of carbonyl (C=O) groups is 1. The summed E-state index contributed by atoms with van der Waals surface area (Å²) in [6.07, 6.45) is 4.09. The minimum Gasteiger partial charge on any atom is -0.361 e. The van der Waals surface area contributed by atoms with Crippen LogP contribution in [0.25, 0.3) is 11.2 Å². The van der Waals surface area contributed by atoms with E-state index in [0.717, 1.165) is 12.7 Å². The Morgan fingerprint density at radius 2 is 2.09 bits per heavy atom. The van der Waals surface area contributed by atoms with Gasteiger partial charge in [-0.05, 0) is 31.4 Å². The fourth-order valence-electron chi connectivity index (χ4n) is 3.70. The molecule has 33 heavy (non-hydrogen) atoms. The van der Waals surface area contributed by atoms with Gasteiger partial charge in [0.05, 0.1) is 17.9 Å². The highest BCUT2D eigenvalue weighted by molar-refractivity contribution is 7.89. The molecule has 0 bridgehead atoms. The van der Waals surface area contributed by atoms with Gasteiger partial charge in [0.15, 0.2) is 11.5 Å². The number of ether oxygens (including phenoxy) is 1. The van der Waals surface area contributed by atoms with Crippen molar-refractivity contribution in [3.63, 3.8) is 0 Å². The lowest BCUT2D eigenvalue weighted by molar-refractivity contribution is -0.127. The summed E-state index contributed by atoms with van der Waals surface area (Å²) in [7, 11) is -4.45. The van der Waals surface area contributed by atoms with E-state index in [-0.39, 0.29) is 24.1 Å². The lowest BCUT2D eigenvalue weighted by atomic mass is 9.87. The summed E-state index contributed by atoms with van der Waals surface area (Å²) in [5, 5.41) is 0. The third-order valence-corrected chi connectivity index (χ3v) is 9.57. The van der Waals surface area contributed by atoms with Gasteiger partial charge < -0.3 is 9.30 Å². The number of hydrazine groups is 1. The molecule has 2 atom stereocenters. The van der Waals surface area contributed by atoms with Crippen molar-refractivity contribution in [3.05, 3.63) is 18.5 Å². The van der Waals surface area contributed by atoms with Gasteiger partial charge >= 0.3 is 0 Å². The predicted octanol–water partition coefficient (Wildman–Crippen LogP) is 2.49. The number of hydrogen-bond acceptors (Lipinski definition) is 7. The number of carbonyl (C=O) groups excluding carboxylic acids is 1. The Bertz CT molecular complexity index is 1070. The molecule has 0 radical (unpaired) electrons. The molecule has 10 nitrogen and oxygen atoms in total. The summed E-state index contributed by atoms with van der Waals surface area (Å²) < 4.78 is 33.5. The van der Waals surface area contributed by atoms with Gasteiger partial charge in [-0.1, -0.05) is 26.6 Å². The van der Waals surface area contributed by atoms with Crippen LogP contribution in [-0.2, 0) is 26.3 Å². The zero-order chi connectivity index (χ0) is 24.2. The van der Waals surface area contributed by atoms with Crippen molar-refractivity contribution in [1.82, 2.24) is 24.3 Å². The molecule has 0 saturated carbocycles. The van der Waals surface area contributed by atoms with Crippen LogP contribution in [0.5, 0.6) is 0 Å². The summed E-state index contributed by atoms with van der Waals surface area (Å²) in [5.41, 5.74) is 6.90. The maximum Gasteiger partial charge on any atom is 0.243 e. The smallest absolute Gasteiger partial charge is 0.243 e. The molecule has 3 heterocycles. The first-order valence-electron chi connectivity index (χ1n) is 11.4. The minimum absolute atomic E-state index is 0.0343. The van der Waals surface area contributed by atoms with Crippen LogP contribution in [-0.4, -0.2) is 66.7 Å². The van der Waals surface area contributed by atoms with E-state index in [2.05, 4.69) is 40.5 Å². The molecule has 0 spiro atoms. The second-order valence-electron chi connectivity index (χ2n) is 9.84. The van der Waals surface area contributed by atoms with Gasteiger partial charge in [0.2, 0.25) is 15.9 Å². The molecular weight excluding hydrogens is 460 g/mol. The van der Waals surface area contributed by atoms with Crippen molar-refractivity contribution in [2.24, 2.45) is 11.8 Å². The van der Waals surface area contributed by atoms with E-state index in [4.69, 9.17) is 4.74 Å². The molecule has 2 aromatic heterocycles. The van der Waals surface area contributed by atoms with Crippen LogP contribution in [0.2, 0.25) is 25.7 Å². The standard InChI is InChI=1S/C21H36N6O4SSi/c1-6-32(29,30)27-10-7-16(2)17(14-27)21(28)25-24-19-13-22-20-18(23-19)8-9-26(20)15-31-11-12-33(3,4)5/h8-9,13,16-17H,6-7,10-12,14-15H2,1-5H3,(H,23,24)(H,25,28). The quantitative estimate of drug-likeness (QED) is 0.295. The molecule has 2 N–H and O–H groups in total. The van der Waals surface area contributed by atoms with Crippen LogP contribution in [0.1, 0.15) is 20.3 Å². The molecule has 0 aromatic carbocycles. The lowest BCUT2D eigenvalue weighted by Gasteiger charge is -2.35. The predicted molar refractivity (Wildman–Crippen MR) is 132 cm³/mol. The van der Waals surface area contributed by atoms with Gasteiger partial charge in [-0.3, -0.25) is 15.6 Å². The number of fused-ring (bicyclic) bond motifs is 1. The maximum atomic E-state index is 12.8. The van der Waals surface area contributed by atoms with Gasteiger partial charge in [0, 0.05) is 34.0 Å². The zero-order valence-corrected chi connectivity index (χ0v) is 22.0. The van der Waals surface area contributed by atoms with Gasteiger partial charge in [-0.25, -0.2) is 22.7 Å². The highest BCUT2D eigenvalue weighted by Crippen LogP contribution is 2.25. The van der Waals surface area contributed by atoms with Crippen LogP contribution < -0.4 is 10.9 Å². The number of amides is 1. The Labute approximate surface area is 197 Å². The van der Waals surface area contributed by atoms with Crippen molar-refractivity contribution in [1.29, 1.82) is 0 Å². The molecule has 2 aromatic rings. The first kappa shape index (κ1) is 25.6. The van der Waals surface area contributed by atoms with E-state index in [1.54, 1.807) is 13.1 Å². The molecule has 1 fully saturated rings. The summed E-state index contributed by atoms with van der Waals surface area (Å²) in [6, 6.07) is 2.96. The Hall–Kier alpha value is -2.02. The fourth-order valence-corrected chi connectivity index (χ4v) is 5.59. The number of sulfonamides is 1. The molecule has 184 valence electrons. The van der Waals surface area contributed by atoms with Crippen molar-refractivity contribution in [3.8, 4) is 0 Å². The number of nitrogens with one attached hydrogen (secondary N) is 2. The highest BCUT2D eigenvalue weighted by atomic mass is 32.2. The van der Waals surface area contributed by atoms with Crippen molar-refractivity contribution < 1.29 is 17.9 Å². The van der Waals surface area contributed by atoms with Crippen LogP contribution in [0.4, 0.5) is 5.82 Å². The van der Waals surface area contributed by atoms with Crippen LogP contribution in [0, 0.1) is 11.8 Å². The Morgan fingerprint density at radius 3 is 2.79 bits per heavy atom. The number of hydrogen-bond donors (Lipinski definition) is 2. The van der Waals surface area contributed by atoms with Gasteiger partial charge in [0.25, 0.3) is 0 Å². The van der Waals surface area contributed by atoms with E-state index < -0.39 is 24.0 Å². The van der Waals surface area contributed by atoms with Crippen LogP contribution >= 0.6 is 0 Å². The average Bonchev–Trinajstić information content (AvgIpc) is 3.16. The van der Waals surface area contributed by atoms with Crippen molar-refractivity contribution in [2.75, 3.05) is 30.9 Å². The summed E-state index contributed by atoms with van der Waals surface area (Å²) >= 11 is 0. The second-order valence-corrected chi connectivity index (χ2v) is 17.7. The first-order chi connectivity index (χ1) is 15.5. The molecule has 3 rings (SSSR count). The topological polar surface area (TPSA) is 118 Å². The van der Waals surface area contributed by atoms with Crippen molar-refractivity contribution in [2.45, 2.75) is 52.7 Å². The monoisotopic (exact) mass is 496 g/mol. The Morgan fingerprint density at radius 1 is 1.33 bits per heavy atom. The Kier molecular flexibility index (Phi) is 8.14. The minimum atomic E-state index is -3.32. The summed E-state index contributed by atoms with van der Waals surface area (Å²) in [6.45, 7) is 12.3. The molecule has 1 aliphatic heterocycles. The molecule has 1 saturated heterocycles. The van der Waals surface area contributed by atoms with Gasteiger partial charge in [-0.15, -0.1) is 0 Å². The van der Waals surface area contributed by atoms with E-state index in [9.17, 15) is 13.2 Å². The fraction of sp³-hybridized carbons (Fsp3) is 0.667. The number of piperidine rings is 1. The summed E-state index contributed by atoms with van der Waals surface area (Å²) in [5.74, 6) is -0.159. The molecule has 1 amide bonds. The Balaban J connectivity index is 1.57. The lowest BCUT2D eigenvalue weighted by Crippen LogP contribution is -2.50. The molecule has 2 unspecified atom stereocenters. The average molecular weight is 497 g/mol. The van der Waals surface area contributed by atoms with E-state index in [0.29, 0.717) is 36.7 Å². The highest BCUT2D eigenvalue weighted by Gasteiger charge is 2.35. The number of nitrogens with zero attached hydrogens (tertiary/aromatic N) is 4. The SMILES string of the molecule is CCS(=O)(=O)N1CCC(C)C(C(=O)NNc2cnc3c(ccn3COCC[Si](C)(C)C)n2)C1.